The van der Waals surface area contributed by atoms with E-state index in [9.17, 15) is 4.79 Å². The number of benzene rings is 1. The van der Waals surface area contributed by atoms with Crippen molar-refractivity contribution in [1.82, 2.24) is 15.5 Å². The van der Waals surface area contributed by atoms with Gasteiger partial charge in [-0.15, -0.1) is 24.0 Å². The molecule has 1 unspecified atom stereocenters. The lowest BCUT2D eigenvalue weighted by Crippen LogP contribution is -2.51. The minimum Gasteiger partial charge on any atom is -0.379 e. The molecule has 30 heavy (non-hydrogen) atoms. The fraction of sp³-hybridized carbons (Fsp3) is 0.636. The Labute approximate surface area is 198 Å². The zero-order chi connectivity index (χ0) is 21.1. The molecule has 1 aliphatic heterocycles. The van der Waals surface area contributed by atoms with Gasteiger partial charge in [0.2, 0.25) is 5.91 Å². The van der Waals surface area contributed by atoms with Crippen LogP contribution in [0.1, 0.15) is 32.8 Å². The van der Waals surface area contributed by atoms with Crippen molar-refractivity contribution in [3.63, 3.8) is 0 Å². The van der Waals surface area contributed by atoms with Gasteiger partial charge in [-0.25, -0.2) is 0 Å². The van der Waals surface area contributed by atoms with Crippen molar-refractivity contribution in [1.29, 1.82) is 0 Å². The quantitative estimate of drug-likeness (QED) is 0.260. The van der Waals surface area contributed by atoms with E-state index < -0.39 is 0 Å². The van der Waals surface area contributed by atoms with Crippen LogP contribution in [-0.4, -0.2) is 69.2 Å². The van der Waals surface area contributed by atoms with Gasteiger partial charge in [-0.3, -0.25) is 14.7 Å². The van der Waals surface area contributed by atoms with Crippen molar-refractivity contribution in [2.45, 2.75) is 39.7 Å². The van der Waals surface area contributed by atoms with Gasteiger partial charge in [0.25, 0.3) is 0 Å². The highest BCUT2D eigenvalue weighted by Gasteiger charge is 2.22. The van der Waals surface area contributed by atoms with Crippen molar-refractivity contribution >= 4 is 41.5 Å². The Morgan fingerprint density at radius 1 is 1.17 bits per heavy atom. The highest BCUT2D eigenvalue weighted by Crippen LogP contribution is 2.13. The largest absolute Gasteiger partial charge is 0.379 e. The van der Waals surface area contributed by atoms with Crippen LogP contribution < -0.4 is 16.0 Å². The van der Waals surface area contributed by atoms with E-state index in [-0.39, 0.29) is 29.9 Å². The number of guanidine groups is 1. The summed E-state index contributed by atoms with van der Waals surface area (Å²) in [6.45, 7) is 11.4. The van der Waals surface area contributed by atoms with E-state index in [1.54, 1.807) is 0 Å². The summed E-state index contributed by atoms with van der Waals surface area (Å²) in [6, 6.07) is 8.44. The fourth-order valence-corrected chi connectivity index (χ4v) is 3.57. The summed E-state index contributed by atoms with van der Waals surface area (Å²) in [7, 11) is 1.81. The molecule has 2 rings (SSSR count). The summed E-state index contributed by atoms with van der Waals surface area (Å²) < 4.78 is 5.50. The van der Waals surface area contributed by atoms with Crippen molar-refractivity contribution in [3.05, 3.63) is 29.8 Å². The number of carbonyl (C=O) groups excluding carboxylic acids is 1. The molecular weight excluding hydrogens is 493 g/mol. The fourth-order valence-electron chi connectivity index (χ4n) is 3.57. The summed E-state index contributed by atoms with van der Waals surface area (Å²) in [4.78, 5) is 18.0. The number of morpholine rings is 1. The lowest BCUT2D eigenvalue weighted by molar-refractivity contribution is -0.114. The molecule has 8 heteroatoms. The second kappa shape index (κ2) is 14.6. The van der Waals surface area contributed by atoms with Gasteiger partial charge in [-0.05, 0) is 36.5 Å². The molecule has 0 aliphatic carbocycles. The summed E-state index contributed by atoms with van der Waals surface area (Å²) in [5, 5.41) is 9.69. The van der Waals surface area contributed by atoms with Crippen molar-refractivity contribution in [2.75, 3.05) is 51.8 Å². The standard InChI is InChI=1S/C22H37N5O2.HI/c1-17(2)15-21(27-11-13-29-14-12-27)16-25-22(23-4)24-10-9-19-5-7-20(8-6-19)26-18(3)28;/h5-8,17,21H,9-16H2,1-4H3,(H,26,28)(H2,23,24,25);1H. The van der Waals surface area contributed by atoms with Crippen LogP contribution in [0.5, 0.6) is 0 Å². The highest BCUT2D eigenvalue weighted by atomic mass is 127. The highest BCUT2D eigenvalue weighted by molar-refractivity contribution is 14.0. The zero-order valence-electron chi connectivity index (χ0n) is 18.7. The number of aliphatic imine (C=N–C) groups is 1. The van der Waals surface area contributed by atoms with Crippen LogP contribution in [-0.2, 0) is 16.0 Å². The number of hydrogen-bond acceptors (Lipinski definition) is 4. The molecule has 1 amide bonds. The molecule has 1 fully saturated rings. The first-order chi connectivity index (χ1) is 14.0. The van der Waals surface area contributed by atoms with E-state index in [1.807, 2.05) is 31.3 Å². The first kappa shape index (κ1) is 26.6. The second-order valence-corrected chi connectivity index (χ2v) is 7.94. The molecular formula is C22H38IN5O2. The summed E-state index contributed by atoms with van der Waals surface area (Å²) in [5.41, 5.74) is 2.04. The Morgan fingerprint density at radius 3 is 2.40 bits per heavy atom. The molecule has 0 radical (unpaired) electrons. The second-order valence-electron chi connectivity index (χ2n) is 7.94. The number of ether oxygens (including phenoxy) is 1. The number of nitrogens with zero attached hydrogens (tertiary/aromatic N) is 2. The molecule has 1 aromatic carbocycles. The molecule has 1 atom stereocenters. The molecule has 0 aromatic heterocycles. The molecule has 0 spiro atoms. The van der Waals surface area contributed by atoms with Gasteiger partial charge in [0, 0.05) is 51.9 Å². The SMILES string of the molecule is CN=C(NCCc1ccc(NC(C)=O)cc1)NCC(CC(C)C)N1CCOCC1.I. The Hall–Kier alpha value is -1.39. The first-order valence-electron chi connectivity index (χ1n) is 10.6. The van der Waals surface area contributed by atoms with E-state index in [0.717, 1.165) is 63.9 Å². The average molecular weight is 531 g/mol. The Kier molecular flexibility index (Phi) is 13.0. The van der Waals surface area contributed by atoms with Gasteiger partial charge in [0.15, 0.2) is 5.96 Å². The summed E-state index contributed by atoms with van der Waals surface area (Å²) in [6.07, 6.45) is 2.05. The maximum Gasteiger partial charge on any atom is 0.221 e. The molecule has 1 aliphatic rings. The third-order valence-corrected chi connectivity index (χ3v) is 5.01. The Morgan fingerprint density at radius 2 is 1.83 bits per heavy atom. The van der Waals surface area contributed by atoms with Gasteiger partial charge in [-0.2, -0.15) is 0 Å². The molecule has 0 saturated carbocycles. The molecule has 170 valence electrons. The van der Waals surface area contributed by atoms with E-state index in [2.05, 4.69) is 39.7 Å². The van der Waals surface area contributed by atoms with Crippen LogP contribution in [0.2, 0.25) is 0 Å². The van der Waals surface area contributed by atoms with Gasteiger partial charge in [0.05, 0.1) is 13.2 Å². The van der Waals surface area contributed by atoms with E-state index in [0.29, 0.717) is 12.0 Å². The third kappa shape index (κ3) is 10.1. The van der Waals surface area contributed by atoms with Crippen molar-refractivity contribution in [3.8, 4) is 0 Å². The number of carbonyl (C=O) groups is 1. The van der Waals surface area contributed by atoms with Crippen LogP contribution in [0.15, 0.2) is 29.3 Å². The van der Waals surface area contributed by atoms with Crippen molar-refractivity contribution in [2.24, 2.45) is 10.9 Å². The summed E-state index contributed by atoms with van der Waals surface area (Å²) >= 11 is 0. The molecule has 0 bridgehead atoms. The Balaban J connectivity index is 0.00000450. The lowest BCUT2D eigenvalue weighted by atomic mass is 10.0. The number of rotatable bonds is 9. The smallest absolute Gasteiger partial charge is 0.221 e. The van der Waals surface area contributed by atoms with Crippen LogP contribution in [0, 0.1) is 5.92 Å². The topological polar surface area (TPSA) is 78.0 Å². The average Bonchev–Trinajstić information content (AvgIpc) is 2.70. The van der Waals surface area contributed by atoms with Crippen LogP contribution in [0.25, 0.3) is 0 Å². The Bertz CT molecular complexity index is 645. The van der Waals surface area contributed by atoms with Gasteiger partial charge >= 0.3 is 0 Å². The van der Waals surface area contributed by atoms with E-state index >= 15 is 0 Å². The van der Waals surface area contributed by atoms with E-state index in [1.165, 1.54) is 12.5 Å². The van der Waals surface area contributed by atoms with Crippen LogP contribution >= 0.6 is 24.0 Å². The van der Waals surface area contributed by atoms with Crippen LogP contribution in [0.3, 0.4) is 0 Å². The van der Waals surface area contributed by atoms with Crippen LogP contribution in [0.4, 0.5) is 5.69 Å². The summed E-state index contributed by atoms with van der Waals surface area (Å²) in [5.74, 6) is 1.43. The molecule has 1 saturated heterocycles. The minimum absolute atomic E-state index is 0. The third-order valence-electron chi connectivity index (χ3n) is 5.01. The predicted molar refractivity (Wildman–Crippen MR) is 135 cm³/mol. The predicted octanol–water partition coefficient (Wildman–Crippen LogP) is 2.72. The lowest BCUT2D eigenvalue weighted by Gasteiger charge is -2.35. The number of amides is 1. The first-order valence-corrected chi connectivity index (χ1v) is 10.6. The monoisotopic (exact) mass is 531 g/mol. The number of nitrogens with one attached hydrogen (secondary N) is 3. The number of anilines is 1. The molecule has 3 N–H and O–H groups in total. The van der Waals surface area contributed by atoms with Gasteiger partial charge in [0.1, 0.15) is 0 Å². The molecule has 1 aromatic rings. The van der Waals surface area contributed by atoms with Crippen molar-refractivity contribution < 1.29 is 9.53 Å². The van der Waals surface area contributed by atoms with Gasteiger partial charge in [-0.1, -0.05) is 26.0 Å². The molecule has 1 heterocycles. The maximum atomic E-state index is 11.1. The minimum atomic E-state index is -0.0536. The maximum absolute atomic E-state index is 11.1. The number of hydrogen-bond donors (Lipinski definition) is 3. The zero-order valence-corrected chi connectivity index (χ0v) is 21.1. The van der Waals surface area contributed by atoms with Gasteiger partial charge < -0.3 is 20.7 Å². The normalized spacial score (nSPS) is 16.0. The molecule has 7 nitrogen and oxygen atoms in total. The number of halogens is 1. The van der Waals surface area contributed by atoms with E-state index in [4.69, 9.17) is 4.74 Å².